The van der Waals surface area contributed by atoms with Crippen LogP contribution in [0.1, 0.15) is 29.5 Å². The second-order valence-corrected chi connectivity index (χ2v) is 6.02. The number of carboxylic acid groups (broad SMARTS) is 1. The van der Waals surface area contributed by atoms with Crippen LogP contribution in [0.5, 0.6) is 0 Å². The first-order valence-corrected chi connectivity index (χ1v) is 7.74. The molecule has 1 heterocycles. The summed E-state index contributed by atoms with van der Waals surface area (Å²) in [5, 5.41) is 11.6. The third kappa shape index (κ3) is 4.31. The van der Waals surface area contributed by atoms with Crippen LogP contribution < -0.4 is 5.32 Å². The lowest BCUT2D eigenvalue weighted by atomic mass is 9.97. The van der Waals surface area contributed by atoms with Crippen molar-refractivity contribution < 1.29 is 19.5 Å². The molecule has 1 aromatic carbocycles. The Labute approximate surface area is 135 Å². The first-order chi connectivity index (χ1) is 10.9. The summed E-state index contributed by atoms with van der Waals surface area (Å²) >= 11 is 0. The van der Waals surface area contributed by atoms with E-state index in [1.54, 1.807) is 0 Å². The van der Waals surface area contributed by atoms with Crippen LogP contribution in [0.4, 0.5) is 0 Å². The van der Waals surface area contributed by atoms with Crippen LogP contribution in [0.25, 0.3) is 0 Å². The average molecular weight is 318 g/mol. The van der Waals surface area contributed by atoms with Gasteiger partial charge in [0, 0.05) is 19.6 Å². The maximum atomic E-state index is 12.1. The number of nitrogens with one attached hydrogen (secondary N) is 1. The van der Waals surface area contributed by atoms with Crippen molar-refractivity contribution in [3.63, 3.8) is 0 Å². The summed E-state index contributed by atoms with van der Waals surface area (Å²) in [4.78, 5) is 36.5. The lowest BCUT2D eigenvalue weighted by molar-refractivity contribution is -0.149. The Morgan fingerprint density at radius 1 is 1.22 bits per heavy atom. The van der Waals surface area contributed by atoms with Gasteiger partial charge in [0.2, 0.25) is 0 Å². The van der Waals surface area contributed by atoms with E-state index in [4.69, 9.17) is 5.11 Å². The molecule has 0 unspecified atom stereocenters. The highest BCUT2D eigenvalue weighted by atomic mass is 16.4. The van der Waals surface area contributed by atoms with Crippen LogP contribution in [0.2, 0.25) is 0 Å². The number of rotatable bonds is 3. The molecule has 0 saturated carbocycles. The molecule has 0 atom stereocenters. The highest BCUT2D eigenvalue weighted by Gasteiger charge is 2.29. The van der Waals surface area contributed by atoms with Crippen LogP contribution in [0, 0.1) is 19.8 Å². The minimum Gasteiger partial charge on any atom is -0.481 e. The molecule has 1 aromatic rings. The van der Waals surface area contributed by atoms with E-state index in [0.717, 1.165) is 16.7 Å². The number of carboxylic acids is 1. The molecule has 0 aromatic heterocycles. The highest BCUT2D eigenvalue weighted by molar-refractivity contribution is 6.35. The Morgan fingerprint density at radius 2 is 1.87 bits per heavy atom. The molecule has 6 heteroatoms. The van der Waals surface area contributed by atoms with E-state index in [-0.39, 0.29) is 0 Å². The molecule has 0 spiro atoms. The number of piperidine rings is 1. The van der Waals surface area contributed by atoms with Crippen LogP contribution >= 0.6 is 0 Å². The molecule has 2 N–H and O–H groups in total. The first-order valence-electron chi connectivity index (χ1n) is 7.74. The number of likely N-dealkylation sites (tertiary alicyclic amines) is 1. The normalized spacial score (nSPS) is 15.3. The number of aryl methyl sites for hydroxylation is 2. The number of benzene rings is 1. The fourth-order valence-electron chi connectivity index (χ4n) is 2.71. The van der Waals surface area contributed by atoms with Crippen molar-refractivity contribution in [2.45, 2.75) is 33.2 Å². The van der Waals surface area contributed by atoms with Crippen molar-refractivity contribution >= 4 is 17.8 Å². The van der Waals surface area contributed by atoms with Crippen molar-refractivity contribution in [1.82, 2.24) is 10.2 Å². The van der Waals surface area contributed by atoms with Gasteiger partial charge in [-0.3, -0.25) is 14.4 Å². The molecule has 0 radical (unpaired) electrons. The number of carbonyl (C=O) groups is 3. The maximum absolute atomic E-state index is 12.1. The van der Waals surface area contributed by atoms with E-state index in [1.165, 1.54) is 4.90 Å². The first kappa shape index (κ1) is 17.0. The van der Waals surface area contributed by atoms with Gasteiger partial charge < -0.3 is 15.3 Å². The quantitative estimate of drug-likeness (QED) is 0.821. The third-order valence-corrected chi connectivity index (χ3v) is 4.27. The lowest BCUT2D eigenvalue weighted by Gasteiger charge is -2.29. The van der Waals surface area contributed by atoms with Gasteiger partial charge in [-0.05, 0) is 37.8 Å². The molecular weight excluding hydrogens is 296 g/mol. The molecule has 124 valence electrons. The molecule has 1 aliphatic rings. The van der Waals surface area contributed by atoms with Crippen molar-refractivity contribution in [3.8, 4) is 0 Å². The largest absolute Gasteiger partial charge is 0.481 e. The van der Waals surface area contributed by atoms with Crippen molar-refractivity contribution in [2.75, 3.05) is 13.1 Å². The van der Waals surface area contributed by atoms with Gasteiger partial charge in [0.1, 0.15) is 0 Å². The Hall–Kier alpha value is -2.37. The predicted octanol–water partition coefficient (Wildman–Crippen LogP) is 1.24. The summed E-state index contributed by atoms with van der Waals surface area (Å²) in [6.07, 6.45) is 0.788. The Morgan fingerprint density at radius 3 is 2.48 bits per heavy atom. The molecule has 2 rings (SSSR count). The van der Waals surface area contributed by atoms with Crippen molar-refractivity contribution in [1.29, 1.82) is 0 Å². The molecular formula is C17H22N2O4. The van der Waals surface area contributed by atoms with Gasteiger partial charge in [-0.15, -0.1) is 0 Å². The predicted molar refractivity (Wildman–Crippen MR) is 84.7 cm³/mol. The molecule has 0 aliphatic carbocycles. The summed E-state index contributed by atoms with van der Waals surface area (Å²) in [5.41, 5.74) is 3.14. The van der Waals surface area contributed by atoms with E-state index in [2.05, 4.69) is 5.32 Å². The van der Waals surface area contributed by atoms with Gasteiger partial charge in [-0.1, -0.05) is 23.8 Å². The second kappa shape index (κ2) is 7.26. The van der Waals surface area contributed by atoms with E-state index in [1.807, 2.05) is 32.0 Å². The summed E-state index contributed by atoms with van der Waals surface area (Å²) in [5.74, 6) is -2.48. The highest BCUT2D eigenvalue weighted by Crippen LogP contribution is 2.17. The van der Waals surface area contributed by atoms with Gasteiger partial charge >= 0.3 is 17.8 Å². The van der Waals surface area contributed by atoms with Gasteiger partial charge in [0.15, 0.2) is 0 Å². The number of hydrogen-bond donors (Lipinski definition) is 2. The number of hydrogen-bond acceptors (Lipinski definition) is 3. The molecule has 0 bridgehead atoms. The van der Waals surface area contributed by atoms with Gasteiger partial charge in [-0.25, -0.2) is 0 Å². The summed E-state index contributed by atoms with van der Waals surface area (Å²) in [6, 6.07) is 5.96. The Kier molecular flexibility index (Phi) is 5.36. The number of carbonyl (C=O) groups excluding carboxylic acids is 2. The fraction of sp³-hybridized carbons (Fsp3) is 0.471. The monoisotopic (exact) mass is 318 g/mol. The SMILES string of the molecule is Cc1ccc(C)c(CNC(=O)C(=O)N2CCC(C(=O)O)CC2)c1. The fourth-order valence-corrected chi connectivity index (χ4v) is 2.71. The zero-order chi connectivity index (χ0) is 17.0. The molecule has 1 fully saturated rings. The zero-order valence-electron chi connectivity index (χ0n) is 13.5. The molecule has 23 heavy (non-hydrogen) atoms. The number of nitrogens with zero attached hydrogens (tertiary/aromatic N) is 1. The zero-order valence-corrected chi connectivity index (χ0v) is 13.5. The van der Waals surface area contributed by atoms with E-state index < -0.39 is 23.7 Å². The summed E-state index contributed by atoms with van der Waals surface area (Å²) in [7, 11) is 0. The van der Waals surface area contributed by atoms with E-state index in [9.17, 15) is 14.4 Å². The van der Waals surface area contributed by atoms with E-state index in [0.29, 0.717) is 32.5 Å². The summed E-state index contributed by atoms with van der Waals surface area (Å²) in [6.45, 7) is 4.87. The van der Waals surface area contributed by atoms with Gasteiger partial charge in [0.05, 0.1) is 5.92 Å². The lowest BCUT2D eigenvalue weighted by Crippen LogP contribution is -2.47. The standard InChI is InChI=1S/C17H22N2O4/c1-11-3-4-12(2)14(9-11)10-18-15(20)16(21)19-7-5-13(6-8-19)17(22)23/h3-4,9,13H,5-8,10H2,1-2H3,(H,18,20)(H,22,23). The van der Waals surface area contributed by atoms with Crippen molar-refractivity contribution in [3.05, 3.63) is 34.9 Å². The Bertz CT molecular complexity index is 619. The van der Waals surface area contributed by atoms with Crippen LogP contribution in [-0.4, -0.2) is 40.9 Å². The van der Waals surface area contributed by atoms with Gasteiger partial charge in [-0.2, -0.15) is 0 Å². The van der Waals surface area contributed by atoms with Crippen LogP contribution in [-0.2, 0) is 20.9 Å². The van der Waals surface area contributed by atoms with Crippen LogP contribution in [0.15, 0.2) is 18.2 Å². The number of amides is 2. The van der Waals surface area contributed by atoms with Crippen LogP contribution in [0.3, 0.4) is 0 Å². The van der Waals surface area contributed by atoms with Gasteiger partial charge in [0.25, 0.3) is 0 Å². The minimum atomic E-state index is -0.837. The maximum Gasteiger partial charge on any atom is 0.311 e. The Balaban J connectivity index is 1.87. The van der Waals surface area contributed by atoms with Crippen molar-refractivity contribution in [2.24, 2.45) is 5.92 Å². The van der Waals surface area contributed by atoms with E-state index >= 15 is 0 Å². The third-order valence-electron chi connectivity index (χ3n) is 4.27. The smallest absolute Gasteiger partial charge is 0.311 e. The topological polar surface area (TPSA) is 86.7 Å². The molecule has 2 amide bonds. The second-order valence-electron chi connectivity index (χ2n) is 6.02. The molecule has 1 saturated heterocycles. The average Bonchev–Trinajstić information content (AvgIpc) is 2.54. The minimum absolute atomic E-state index is 0.309. The molecule has 6 nitrogen and oxygen atoms in total. The molecule has 1 aliphatic heterocycles. The number of aliphatic carboxylic acids is 1. The summed E-state index contributed by atoms with van der Waals surface area (Å²) < 4.78 is 0.